The Kier molecular flexibility index (Phi) is 4.15. The van der Waals surface area contributed by atoms with E-state index in [1.54, 1.807) is 0 Å². The molecule has 0 aromatic heterocycles. The highest BCUT2D eigenvalue weighted by Gasteiger charge is 2.19. The van der Waals surface area contributed by atoms with Crippen LogP contribution in [-0.2, 0) is 11.2 Å². The van der Waals surface area contributed by atoms with Gasteiger partial charge in [-0.2, -0.15) is 0 Å². The molecule has 2 rings (SSSR count). The highest BCUT2D eigenvalue weighted by molar-refractivity contribution is 5.94. The van der Waals surface area contributed by atoms with Crippen LogP contribution in [0.15, 0.2) is 24.3 Å². The molecule has 1 aromatic rings. The number of hydrogen-bond donors (Lipinski definition) is 1. The van der Waals surface area contributed by atoms with Crippen molar-refractivity contribution in [1.29, 1.82) is 0 Å². The SMILES string of the molecule is O=C(CCCO)N1CCCCc2ccccc21. The molecule has 1 aromatic carbocycles. The minimum absolute atomic E-state index is 0.0846. The molecule has 3 heteroatoms. The second-order valence-corrected chi connectivity index (χ2v) is 4.46. The largest absolute Gasteiger partial charge is 0.396 e. The van der Waals surface area contributed by atoms with Crippen molar-refractivity contribution in [3.8, 4) is 0 Å². The van der Waals surface area contributed by atoms with E-state index in [9.17, 15) is 4.79 Å². The number of amides is 1. The van der Waals surface area contributed by atoms with E-state index in [4.69, 9.17) is 5.11 Å². The summed E-state index contributed by atoms with van der Waals surface area (Å²) in [4.78, 5) is 14.0. The van der Waals surface area contributed by atoms with Gasteiger partial charge in [0.25, 0.3) is 0 Å². The van der Waals surface area contributed by atoms with Crippen molar-refractivity contribution < 1.29 is 9.90 Å². The molecule has 0 unspecified atom stereocenters. The fraction of sp³-hybridized carbons (Fsp3) is 0.500. The average Bonchev–Trinajstić information content (AvgIpc) is 2.58. The fourth-order valence-corrected chi connectivity index (χ4v) is 2.32. The zero-order valence-electron chi connectivity index (χ0n) is 10.1. The standard InChI is InChI=1S/C14H19NO2/c16-11-5-9-14(17)15-10-4-3-7-12-6-1-2-8-13(12)15/h1-2,6,8,16H,3-5,7,9-11H2. The summed E-state index contributed by atoms with van der Waals surface area (Å²) in [5.74, 6) is 0.133. The van der Waals surface area contributed by atoms with Gasteiger partial charge in [-0.15, -0.1) is 0 Å². The molecule has 3 nitrogen and oxygen atoms in total. The number of aliphatic hydroxyl groups excluding tert-OH is 1. The number of fused-ring (bicyclic) bond motifs is 1. The topological polar surface area (TPSA) is 40.5 Å². The van der Waals surface area contributed by atoms with E-state index in [-0.39, 0.29) is 12.5 Å². The van der Waals surface area contributed by atoms with Gasteiger partial charge in [0.1, 0.15) is 0 Å². The number of rotatable bonds is 3. The molecule has 0 fully saturated rings. The van der Waals surface area contributed by atoms with Crippen molar-refractivity contribution in [2.75, 3.05) is 18.1 Å². The third-order valence-corrected chi connectivity index (χ3v) is 3.21. The van der Waals surface area contributed by atoms with Gasteiger partial charge in [0.05, 0.1) is 0 Å². The first-order valence-electron chi connectivity index (χ1n) is 6.32. The van der Waals surface area contributed by atoms with E-state index in [2.05, 4.69) is 6.07 Å². The van der Waals surface area contributed by atoms with Crippen LogP contribution in [0, 0.1) is 0 Å². The zero-order valence-corrected chi connectivity index (χ0v) is 10.1. The Bertz CT molecular complexity index is 390. The molecule has 0 atom stereocenters. The Morgan fingerprint density at radius 2 is 2.12 bits per heavy atom. The minimum Gasteiger partial charge on any atom is -0.396 e. The predicted octanol–water partition coefficient (Wildman–Crippen LogP) is 2.13. The van der Waals surface area contributed by atoms with E-state index >= 15 is 0 Å². The van der Waals surface area contributed by atoms with Gasteiger partial charge >= 0.3 is 0 Å². The van der Waals surface area contributed by atoms with Gasteiger partial charge in [-0.25, -0.2) is 0 Å². The lowest BCUT2D eigenvalue weighted by molar-refractivity contribution is -0.118. The van der Waals surface area contributed by atoms with Crippen LogP contribution in [0.1, 0.15) is 31.2 Å². The third-order valence-electron chi connectivity index (χ3n) is 3.21. The van der Waals surface area contributed by atoms with Gasteiger partial charge in [-0.3, -0.25) is 4.79 Å². The van der Waals surface area contributed by atoms with E-state index in [0.29, 0.717) is 12.8 Å². The van der Waals surface area contributed by atoms with Crippen molar-refractivity contribution in [2.45, 2.75) is 32.1 Å². The number of aryl methyl sites for hydroxylation is 1. The molecule has 0 aliphatic carbocycles. The predicted molar refractivity (Wildman–Crippen MR) is 68.1 cm³/mol. The van der Waals surface area contributed by atoms with Crippen LogP contribution in [-0.4, -0.2) is 24.2 Å². The molecule has 92 valence electrons. The number of nitrogens with zero attached hydrogens (tertiary/aromatic N) is 1. The Morgan fingerprint density at radius 3 is 2.94 bits per heavy atom. The van der Waals surface area contributed by atoms with Crippen LogP contribution in [0.5, 0.6) is 0 Å². The minimum atomic E-state index is 0.0846. The van der Waals surface area contributed by atoms with E-state index in [1.165, 1.54) is 5.56 Å². The molecular formula is C14H19NO2. The third kappa shape index (κ3) is 2.86. The maximum atomic E-state index is 12.1. The molecule has 1 heterocycles. The number of hydrogen-bond acceptors (Lipinski definition) is 2. The second kappa shape index (κ2) is 5.82. The van der Waals surface area contributed by atoms with Crippen LogP contribution in [0.25, 0.3) is 0 Å². The summed E-state index contributed by atoms with van der Waals surface area (Å²) in [6, 6.07) is 8.14. The van der Waals surface area contributed by atoms with Crippen LogP contribution >= 0.6 is 0 Å². The van der Waals surface area contributed by atoms with Gasteiger partial charge < -0.3 is 10.0 Å². The van der Waals surface area contributed by atoms with Crippen LogP contribution in [0.3, 0.4) is 0 Å². The van der Waals surface area contributed by atoms with Crippen molar-refractivity contribution in [2.24, 2.45) is 0 Å². The summed E-state index contributed by atoms with van der Waals surface area (Å²) >= 11 is 0. The molecule has 1 amide bonds. The summed E-state index contributed by atoms with van der Waals surface area (Å²) in [5.41, 5.74) is 2.33. The number of anilines is 1. The normalized spacial score (nSPS) is 15.2. The van der Waals surface area contributed by atoms with E-state index < -0.39 is 0 Å². The van der Waals surface area contributed by atoms with Crippen LogP contribution < -0.4 is 4.90 Å². The van der Waals surface area contributed by atoms with E-state index in [1.807, 2.05) is 23.1 Å². The summed E-state index contributed by atoms with van der Waals surface area (Å²) in [6.07, 6.45) is 4.24. The van der Waals surface area contributed by atoms with Crippen molar-refractivity contribution in [3.05, 3.63) is 29.8 Å². The second-order valence-electron chi connectivity index (χ2n) is 4.46. The van der Waals surface area contributed by atoms with Gasteiger partial charge in [0.2, 0.25) is 5.91 Å². The molecule has 17 heavy (non-hydrogen) atoms. The van der Waals surface area contributed by atoms with E-state index in [0.717, 1.165) is 31.5 Å². The fourth-order valence-electron chi connectivity index (χ4n) is 2.32. The average molecular weight is 233 g/mol. The lowest BCUT2D eigenvalue weighted by atomic mass is 10.1. The lowest BCUT2D eigenvalue weighted by Gasteiger charge is -2.22. The molecule has 0 saturated carbocycles. The highest BCUT2D eigenvalue weighted by atomic mass is 16.3. The van der Waals surface area contributed by atoms with Crippen molar-refractivity contribution >= 4 is 11.6 Å². The smallest absolute Gasteiger partial charge is 0.227 e. The zero-order chi connectivity index (χ0) is 12.1. The Balaban J connectivity index is 2.19. The highest BCUT2D eigenvalue weighted by Crippen LogP contribution is 2.26. The Morgan fingerprint density at radius 1 is 1.29 bits per heavy atom. The van der Waals surface area contributed by atoms with Crippen LogP contribution in [0.4, 0.5) is 5.69 Å². The first-order valence-corrected chi connectivity index (χ1v) is 6.32. The maximum absolute atomic E-state index is 12.1. The number of carbonyl (C=O) groups is 1. The summed E-state index contributed by atoms with van der Waals surface area (Å²) in [7, 11) is 0. The molecule has 1 aliphatic heterocycles. The number of para-hydroxylation sites is 1. The molecule has 0 spiro atoms. The molecule has 0 bridgehead atoms. The molecule has 1 N–H and O–H groups in total. The quantitative estimate of drug-likeness (QED) is 0.868. The monoisotopic (exact) mass is 233 g/mol. The molecule has 0 radical (unpaired) electrons. The maximum Gasteiger partial charge on any atom is 0.227 e. The molecule has 1 aliphatic rings. The first kappa shape index (κ1) is 12.1. The summed E-state index contributed by atoms with van der Waals surface area (Å²) in [5, 5.41) is 8.79. The number of benzene rings is 1. The lowest BCUT2D eigenvalue weighted by Crippen LogP contribution is -2.31. The molecular weight excluding hydrogens is 214 g/mol. The van der Waals surface area contributed by atoms with Crippen molar-refractivity contribution in [3.63, 3.8) is 0 Å². The number of carbonyl (C=O) groups excluding carboxylic acids is 1. The number of aliphatic hydroxyl groups is 1. The molecule has 0 saturated heterocycles. The van der Waals surface area contributed by atoms with Gasteiger partial charge in [-0.1, -0.05) is 18.2 Å². The van der Waals surface area contributed by atoms with Gasteiger partial charge in [0, 0.05) is 25.3 Å². The van der Waals surface area contributed by atoms with Gasteiger partial charge in [-0.05, 0) is 37.3 Å². The van der Waals surface area contributed by atoms with Gasteiger partial charge in [0.15, 0.2) is 0 Å². The van der Waals surface area contributed by atoms with Crippen molar-refractivity contribution in [1.82, 2.24) is 0 Å². The summed E-state index contributed by atoms with van der Waals surface area (Å²) < 4.78 is 0. The Hall–Kier alpha value is -1.35. The first-order chi connectivity index (χ1) is 8.33. The summed E-state index contributed by atoms with van der Waals surface area (Å²) in [6.45, 7) is 0.891. The van der Waals surface area contributed by atoms with Crippen LogP contribution in [0.2, 0.25) is 0 Å². The Labute approximate surface area is 102 Å².